The number of nitrogens with zero attached hydrogens (tertiary/aromatic N) is 1. The van der Waals surface area contributed by atoms with Gasteiger partial charge in [-0.2, -0.15) is 13.2 Å². The summed E-state index contributed by atoms with van der Waals surface area (Å²) in [4.78, 5) is 25.4. The lowest BCUT2D eigenvalue weighted by atomic mass is 9.80. The average molecular weight is 308 g/mol. The highest BCUT2D eigenvalue weighted by Gasteiger charge is 2.52. The smallest absolute Gasteiger partial charge is 0.372 e. The number of nitrogens with one attached hydrogen (secondary N) is 1. The number of halogens is 3. The van der Waals surface area contributed by atoms with Crippen molar-refractivity contribution in [2.24, 2.45) is 0 Å². The Morgan fingerprint density at radius 1 is 1.19 bits per heavy atom. The van der Waals surface area contributed by atoms with Gasteiger partial charge in [0.25, 0.3) is 5.91 Å². The van der Waals surface area contributed by atoms with Crippen LogP contribution >= 0.6 is 0 Å². The molecule has 3 amide bonds. The second-order valence-electron chi connectivity index (χ2n) is 5.52. The lowest BCUT2D eigenvalue weighted by molar-refractivity contribution is -0.174. The zero-order valence-corrected chi connectivity index (χ0v) is 11.7. The number of ether oxygens (including phenoxy) is 1. The molecule has 1 aliphatic carbocycles. The highest BCUT2D eigenvalue weighted by atomic mass is 19.4. The van der Waals surface area contributed by atoms with Gasteiger partial charge in [-0.05, 0) is 19.3 Å². The molecule has 8 heteroatoms. The van der Waals surface area contributed by atoms with Crippen LogP contribution in [-0.2, 0) is 9.53 Å². The molecule has 0 aromatic heterocycles. The molecule has 0 bridgehead atoms. The first-order valence-corrected chi connectivity index (χ1v) is 7.13. The van der Waals surface area contributed by atoms with E-state index in [1.807, 2.05) is 0 Å². The maximum atomic E-state index is 12.0. The molecule has 1 aliphatic heterocycles. The predicted octanol–water partition coefficient (Wildman–Crippen LogP) is 2.21. The van der Waals surface area contributed by atoms with Gasteiger partial charge in [0.1, 0.15) is 12.1 Å². The van der Waals surface area contributed by atoms with Crippen molar-refractivity contribution in [3.05, 3.63) is 0 Å². The summed E-state index contributed by atoms with van der Waals surface area (Å²) in [6, 6.07) is -0.447. The third-order valence-electron chi connectivity index (χ3n) is 4.02. The van der Waals surface area contributed by atoms with Gasteiger partial charge in [-0.25, -0.2) is 4.79 Å². The number of hydrogen-bond acceptors (Lipinski definition) is 3. The Hall–Kier alpha value is -1.31. The molecule has 1 saturated carbocycles. The molecule has 2 fully saturated rings. The highest BCUT2D eigenvalue weighted by Crippen LogP contribution is 2.37. The SMILES string of the molecule is O=C1NC(=O)C2(CCCCC2)N1CCCOCC(F)(F)F. The van der Waals surface area contributed by atoms with Crippen molar-refractivity contribution in [1.82, 2.24) is 10.2 Å². The molecule has 2 aliphatic rings. The summed E-state index contributed by atoms with van der Waals surface area (Å²) in [5.74, 6) is -0.275. The minimum Gasteiger partial charge on any atom is -0.372 e. The van der Waals surface area contributed by atoms with Gasteiger partial charge < -0.3 is 9.64 Å². The van der Waals surface area contributed by atoms with Gasteiger partial charge in [0.15, 0.2) is 0 Å². The van der Waals surface area contributed by atoms with Crippen LogP contribution in [-0.4, -0.2) is 48.3 Å². The summed E-state index contributed by atoms with van der Waals surface area (Å²) in [6.07, 6.45) is -0.0403. The van der Waals surface area contributed by atoms with Crippen LogP contribution in [0.4, 0.5) is 18.0 Å². The van der Waals surface area contributed by atoms with Crippen LogP contribution in [0.2, 0.25) is 0 Å². The molecule has 0 aromatic carbocycles. The molecular formula is C13H19F3N2O3. The van der Waals surface area contributed by atoms with E-state index in [1.54, 1.807) is 0 Å². The molecule has 120 valence electrons. The zero-order valence-electron chi connectivity index (χ0n) is 11.7. The largest absolute Gasteiger partial charge is 0.411 e. The van der Waals surface area contributed by atoms with E-state index in [9.17, 15) is 22.8 Å². The van der Waals surface area contributed by atoms with E-state index < -0.39 is 24.4 Å². The Balaban J connectivity index is 1.85. The maximum Gasteiger partial charge on any atom is 0.411 e. The highest BCUT2D eigenvalue weighted by molar-refractivity contribution is 6.07. The Morgan fingerprint density at radius 3 is 2.48 bits per heavy atom. The number of hydrogen-bond donors (Lipinski definition) is 1. The minimum absolute atomic E-state index is 0.0897. The molecule has 0 radical (unpaired) electrons. The quantitative estimate of drug-likeness (QED) is 0.626. The summed E-state index contributed by atoms with van der Waals surface area (Å²) >= 11 is 0. The Kier molecular flexibility index (Phi) is 4.75. The van der Waals surface area contributed by atoms with Crippen LogP contribution in [0.5, 0.6) is 0 Å². The van der Waals surface area contributed by atoms with Gasteiger partial charge in [-0.1, -0.05) is 19.3 Å². The summed E-state index contributed by atoms with van der Waals surface area (Å²) in [5.41, 5.74) is -0.792. The van der Waals surface area contributed by atoms with E-state index in [4.69, 9.17) is 0 Å². The van der Waals surface area contributed by atoms with Crippen molar-refractivity contribution >= 4 is 11.9 Å². The third-order valence-corrected chi connectivity index (χ3v) is 4.02. The van der Waals surface area contributed by atoms with Crippen LogP contribution in [0.25, 0.3) is 0 Å². The molecule has 21 heavy (non-hydrogen) atoms. The molecule has 0 unspecified atom stereocenters. The molecule has 0 aromatic rings. The van der Waals surface area contributed by atoms with E-state index in [0.29, 0.717) is 12.8 Å². The van der Waals surface area contributed by atoms with Crippen molar-refractivity contribution < 1.29 is 27.5 Å². The lowest BCUT2D eigenvalue weighted by Crippen LogP contribution is -2.51. The van der Waals surface area contributed by atoms with Gasteiger partial charge in [0.05, 0.1) is 0 Å². The normalized spacial score (nSPS) is 22.0. The Labute approximate surface area is 120 Å². The van der Waals surface area contributed by atoms with Crippen LogP contribution in [0.15, 0.2) is 0 Å². The fraction of sp³-hybridized carbons (Fsp3) is 0.846. The summed E-state index contributed by atoms with van der Waals surface area (Å²) in [7, 11) is 0. The Morgan fingerprint density at radius 2 is 1.86 bits per heavy atom. The van der Waals surface area contributed by atoms with Gasteiger partial charge >= 0.3 is 12.2 Å². The third kappa shape index (κ3) is 3.66. The van der Waals surface area contributed by atoms with E-state index in [-0.39, 0.29) is 25.5 Å². The van der Waals surface area contributed by atoms with Crippen LogP contribution in [0, 0.1) is 0 Å². The number of rotatable bonds is 5. The fourth-order valence-corrected chi connectivity index (χ4v) is 3.06. The molecule has 0 atom stereocenters. The Bertz CT molecular complexity index is 406. The monoisotopic (exact) mass is 308 g/mol. The standard InChI is InChI=1S/C13H19F3N2O3/c14-13(15,16)9-21-8-4-7-18-11(20)17-10(19)12(18)5-2-1-3-6-12/h1-9H2,(H,17,19,20). The number of carbonyl (C=O) groups excluding carboxylic acids is 2. The van der Waals surface area contributed by atoms with E-state index in [0.717, 1.165) is 19.3 Å². The van der Waals surface area contributed by atoms with Crippen LogP contribution in [0.1, 0.15) is 38.5 Å². The molecular weight excluding hydrogens is 289 g/mol. The number of imide groups is 1. The molecule has 5 nitrogen and oxygen atoms in total. The number of carbonyl (C=O) groups is 2. The van der Waals surface area contributed by atoms with E-state index >= 15 is 0 Å². The first-order valence-electron chi connectivity index (χ1n) is 7.13. The van der Waals surface area contributed by atoms with Crippen LogP contribution in [0.3, 0.4) is 0 Å². The van der Waals surface area contributed by atoms with Gasteiger partial charge in [0.2, 0.25) is 0 Å². The number of amides is 3. The first-order chi connectivity index (χ1) is 9.85. The number of urea groups is 1. The van der Waals surface area contributed by atoms with Crippen molar-refractivity contribution in [3.63, 3.8) is 0 Å². The molecule has 1 saturated heterocycles. The van der Waals surface area contributed by atoms with Gasteiger partial charge in [0, 0.05) is 13.2 Å². The second-order valence-corrected chi connectivity index (χ2v) is 5.52. The maximum absolute atomic E-state index is 12.0. The first kappa shape index (κ1) is 16.1. The van der Waals surface area contributed by atoms with Gasteiger partial charge in [-0.15, -0.1) is 0 Å². The predicted molar refractivity (Wildman–Crippen MR) is 67.6 cm³/mol. The molecule has 2 rings (SSSR count). The van der Waals surface area contributed by atoms with Crippen molar-refractivity contribution in [2.45, 2.75) is 50.2 Å². The van der Waals surface area contributed by atoms with Crippen molar-refractivity contribution in [1.29, 1.82) is 0 Å². The van der Waals surface area contributed by atoms with Crippen LogP contribution < -0.4 is 5.32 Å². The zero-order chi connectivity index (χ0) is 15.5. The molecule has 1 N–H and O–H groups in total. The lowest BCUT2D eigenvalue weighted by Gasteiger charge is -2.38. The number of alkyl halides is 3. The summed E-state index contributed by atoms with van der Waals surface area (Å²) < 4.78 is 40.3. The van der Waals surface area contributed by atoms with E-state index in [1.165, 1.54) is 4.90 Å². The van der Waals surface area contributed by atoms with Gasteiger partial charge in [-0.3, -0.25) is 10.1 Å². The van der Waals surface area contributed by atoms with Crippen molar-refractivity contribution in [2.75, 3.05) is 19.8 Å². The van der Waals surface area contributed by atoms with Crippen molar-refractivity contribution in [3.8, 4) is 0 Å². The second kappa shape index (κ2) is 6.21. The summed E-state index contributed by atoms with van der Waals surface area (Å²) in [5, 5.41) is 2.32. The molecule has 1 heterocycles. The minimum atomic E-state index is -4.34. The molecule has 1 spiro atoms. The average Bonchev–Trinajstić information content (AvgIpc) is 2.62. The fourth-order valence-electron chi connectivity index (χ4n) is 3.06. The topological polar surface area (TPSA) is 58.6 Å². The van der Waals surface area contributed by atoms with E-state index in [2.05, 4.69) is 10.1 Å². The summed E-state index contributed by atoms with van der Waals surface area (Å²) in [6.45, 7) is -1.15.